The summed E-state index contributed by atoms with van der Waals surface area (Å²) in [5.41, 5.74) is 0.248. The first-order chi connectivity index (χ1) is 6.36. The van der Waals surface area contributed by atoms with E-state index in [1.807, 2.05) is 0 Å². The van der Waals surface area contributed by atoms with Crippen LogP contribution >= 0.6 is 0 Å². The molecule has 1 N–H and O–H groups in total. The molecule has 0 fully saturated rings. The van der Waals surface area contributed by atoms with Crippen LogP contribution < -0.4 is 5.32 Å². The standard InChI is InChI=1S/C11H27N3/c1-11(2,14(5)6)10-12-8-7-9-13(3)4/h12H,7-10H2,1-6H3. The molecule has 86 valence electrons. The van der Waals surface area contributed by atoms with E-state index in [1.54, 1.807) is 0 Å². The fourth-order valence-electron chi connectivity index (χ4n) is 1.07. The van der Waals surface area contributed by atoms with Crippen LogP contribution in [0.15, 0.2) is 0 Å². The average molecular weight is 201 g/mol. The number of likely N-dealkylation sites (N-methyl/N-ethyl adjacent to an activating group) is 1. The molecule has 0 bridgehead atoms. The zero-order valence-corrected chi connectivity index (χ0v) is 10.7. The van der Waals surface area contributed by atoms with Crippen molar-refractivity contribution in [3.05, 3.63) is 0 Å². The summed E-state index contributed by atoms with van der Waals surface area (Å²) in [5.74, 6) is 0. The summed E-state index contributed by atoms with van der Waals surface area (Å²) in [6.07, 6.45) is 1.22. The fourth-order valence-corrected chi connectivity index (χ4v) is 1.07. The maximum Gasteiger partial charge on any atom is 0.0271 e. The molecule has 0 radical (unpaired) electrons. The molecule has 0 saturated carbocycles. The normalized spacial score (nSPS) is 12.9. The molecule has 0 aliphatic carbocycles. The molecule has 3 heteroatoms. The highest BCUT2D eigenvalue weighted by Gasteiger charge is 2.18. The molecule has 0 unspecified atom stereocenters. The van der Waals surface area contributed by atoms with Crippen LogP contribution in [0, 0.1) is 0 Å². The monoisotopic (exact) mass is 201 g/mol. The molecule has 0 aliphatic heterocycles. The van der Waals surface area contributed by atoms with Crippen LogP contribution in [0.4, 0.5) is 0 Å². The Bertz CT molecular complexity index is 141. The van der Waals surface area contributed by atoms with E-state index in [2.05, 4.69) is 57.2 Å². The van der Waals surface area contributed by atoms with Crippen molar-refractivity contribution in [3.8, 4) is 0 Å². The van der Waals surface area contributed by atoms with Gasteiger partial charge in [-0.1, -0.05) is 0 Å². The highest BCUT2D eigenvalue weighted by molar-refractivity contribution is 4.79. The van der Waals surface area contributed by atoms with E-state index in [9.17, 15) is 0 Å². The topological polar surface area (TPSA) is 18.5 Å². The molecule has 0 aromatic heterocycles. The van der Waals surface area contributed by atoms with Crippen LogP contribution in [-0.2, 0) is 0 Å². The summed E-state index contributed by atoms with van der Waals surface area (Å²) in [6, 6.07) is 0. The average Bonchev–Trinajstić information content (AvgIpc) is 2.02. The van der Waals surface area contributed by atoms with E-state index in [-0.39, 0.29) is 5.54 Å². The Labute approximate surface area is 89.5 Å². The minimum atomic E-state index is 0.248. The lowest BCUT2D eigenvalue weighted by Gasteiger charge is -2.32. The van der Waals surface area contributed by atoms with Gasteiger partial charge in [0.1, 0.15) is 0 Å². The lowest BCUT2D eigenvalue weighted by Crippen LogP contribution is -2.47. The van der Waals surface area contributed by atoms with E-state index < -0.39 is 0 Å². The van der Waals surface area contributed by atoms with Crippen LogP contribution in [-0.4, -0.2) is 63.2 Å². The highest BCUT2D eigenvalue weighted by Crippen LogP contribution is 2.07. The van der Waals surface area contributed by atoms with E-state index in [0.29, 0.717) is 0 Å². The number of hydrogen-bond acceptors (Lipinski definition) is 3. The van der Waals surface area contributed by atoms with Crippen molar-refractivity contribution < 1.29 is 0 Å². The van der Waals surface area contributed by atoms with Gasteiger partial charge in [0, 0.05) is 12.1 Å². The van der Waals surface area contributed by atoms with Gasteiger partial charge in [-0.05, 0) is 61.5 Å². The maximum atomic E-state index is 3.49. The molecule has 0 aliphatic rings. The SMILES string of the molecule is CN(C)CCCNCC(C)(C)N(C)C. The zero-order chi connectivity index (χ0) is 11.2. The molecule has 0 spiro atoms. The molecule has 0 atom stereocenters. The summed E-state index contributed by atoms with van der Waals surface area (Å²) in [5, 5.41) is 3.49. The van der Waals surface area contributed by atoms with E-state index in [4.69, 9.17) is 0 Å². The zero-order valence-electron chi connectivity index (χ0n) is 10.7. The van der Waals surface area contributed by atoms with Gasteiger partial charge in [-0.25, -0.2) is 0 Å². The predicted molar refractivity (Wildman–Crippen MR) is 63.8 cm³/mol. The predicted octanol–water partition coefficient (Wildman–Crippen LogP) is 0.868. The van der Waals surface area contributed by atoms with Crippen LogP contribution in [0.25, 0.3) is 0 Å². The molecule has 0 saturated heterocycles. The summed E-state index contributed by atoms with van der Waals surface area (Å²) in [4.78, 5) is 4.48. The van der Waals surface area contributed by atoms with Gasteiger partial charge in [0.05, 0.1) is 0 Å². The van der Waals surface area contributed by atoms with Gasteiger partial charge in [0.2, 0.25) is 0 Å². The highest BCUT2D eigenvalue weighted by atomic mass is 15.2. The molecule has 14 heavy (non-hydrogen) atoms. The van der Waals surface area contributed by atoms with Gasteiger partial charge in [0.25, 0.3) is 0 Å². The summed E-state index contributed by atoms with van der Waals surface area (Å²) >= 11 is 0. The van der Waals surface area contributed by atoms with Gasteiger partial charge in [-0.15, -0.1) is 0 Å². The van der Waals surface area contributed by atoms with E-state index >= 15 is 0 Å². The van der Waals surface area contributed by atoms with Crippen molar-refractivity contribution in [1.29, 1.82) is 0 Å². The number of hydrogen-bond donors (Lipinski definition) is 1. The first kappa shape index (κ1) is 13.9. The van der Waals surface area contributed by atoms with Gasteiger partial charge in [0.15, 0.2) is 0 Å². The Kier molecular flexibility index (Phi) is 6.33. The Morgan fingerprint density at radius 2 is 1.64 bits per heavy atom. The van der Waals surface area contributed by atoms with Crippen LogP contribution in [0.5, 0.6) is 0 Å². The molecular weight excluding hydrogens is 174 g/mol. The smallest absolute Gasteiger partial charge is 0.0271 e. The molecule has 0 aromatic carbocycles. The summed E-state index contributed by atoms with van der Waals surface area (Å²) in [6.45, 7) is 7.83. The quantitative estimate of drug-likeness (QED) is 0.617. The summed E-state index contributed by atoms with van der Waals surface area (Å²) < 4.78 is 0. The Hall–Kier alpha value is -0.120. The molecule has 0 amide bonds. The number of nitrogens with one attached hydrogen (secondary N) is 1. The number of rotatable bonds is 7. The molecule has 0 rings (SSSR count). The Balaban J connectivity index is 3.45. The van der Waals surface area contributed by atoms with Crippen molar-refractivity contribution in [3.63, 3.8) is 0 Å². The van der Waals surface area contributed by atoms with E-state index in [1.165, 1.54) is 6.42 Å². The summed E-state index contributed by atoms with van der Waals surface area (Å²) in [7, 11) is 8.48. The van der Waals surface area contributed by atoms with Gasteiger partial charge in [-0.3, -0.25) is 0 Å². The first-order valence-electron chi connectivity index (χ1n) is 5.39. The first-order valence-corrected chi connectivity index (χ1v) is 5.39. The second-order valence-corrected chi connectivity index (χ2v) is 5.04. The second-order valence-electron chi connectivity index (χ2n) is 5.04. The van der Waals surface area contributed by atoms with Gasteiger partial charge in [-0.2, -0.15) is 0 Å². The van der Waals surface area contributed by atoms with Crippen molar-refractivity contribution in [2.24, 2.45) is 0 Å². The number of nitrogens with zero attached hydrogens (tertiary/aromatic N) is 2. The third kappa shape index (κ3) is 6.35. The van der Waals surface area contributed by atoms with Crippen LogP contribution in [0.2, 0.25) is 0 Å². The van der Waals surface area contributed by atoms with Crippen molar-refractivity contribution in [1.82, 2.24) is 15.1 Å². The molecule has 0 heterocycles. The largest absolute Gasteiger partial charge is 0.315 e. The minimum absolute atomic E-state index is 0.248. The Morgan fingerprint density at radius 1 is 1.07 bits per heavy atom. The van der Waals surface area contributed by atoms with Crippen LogP contribution in [0.1, 0.15) is 20.3 Å². The van der Waals surface area contributed by atoms with Gasteiger partial charge < -0.3 is 15.1 Å². The Morgan fingerprint density at radius 3 is 2.07 bits per heavy atom. The maximum absolute atomic E-state index is 3.49. The molecule has 0 aromatic rings. The van der Waals surface area contributed by atoms with Gasteiger partial charge >= 0.3 is 0 Å². The van der Waals surface area contributed by atoms with Crippen LogP contribution in [0.3, 0.4) is 0 Å². The van der Waals surface area contributed by atoms with Crippen molar-refractivity contribution in [2.45, 2.75) is 25.8 Å². The lowest BCUT2D eigenvalue weighted by atomic mass is 10.0. The second kappa shape index (κ2) is 6.38. The third-order valence-corrected chi connectivity index (χ3v) is 2.73. The third-order valence-electron chi connectivity index (χ3n) is 2.73. The lowest BCUT2D eigenvalue weighted by molar-refractivity contribution is 0.189. The molecule has 3 nitrogen and oxygen atoms in total. The minimum Gasteiger partial charge on any atom is -0.315 e. The van der Waals surface area contributed by atoms with Crippen molar-refractivity contribution in [2.75, 3.05) is 47.8 Å². The van der Waals surface area contributed by atoms with Crippen molar-refractivity contribution >= 4 is 0 Å². The fraction of sp³-hybridized carbons (Fsp3) is 1.00. The molecular formula is C11H27N3. The van der Waals surface area contributed by atoms with E-state index in [0.717, 1.165) is 19.6 Å².